The summed E-state index contributed by atoms with van der Waals surface area (Å²) in [7, 11) is 0. The second kappa shape index (κ2) is 11.2. The van der Waals surface area contributed by atoms with Crippen LogP contribution in [-0.4, -0.2) is 12.4 Å². The fourth-order valence-corrected chi connectivity index (χ4v) is 1.20. The van der Waals surface area contributed by atoms with Gasteiger partial charge in [0.1, 0.15) is 0 Å². The molecule has 13 heavy (non-hydrogen) atoms. The van der Waals surface area contributed by atoms with Crippen molar-refractivity contribution >= 4 is 12.4 Å². The molecule has 0 heterocycles. The molecule has 0 fully saturated rings. The van der Waals surface area contributed by atoms with E-state index in [1.165, 1.54) is 32.1 Å². The van der Waals surface area contributed by atoms with Crippen molar-refractivity contribution in [2.24, 2.45) is 0 Å². The predicted octanol–water partition coefficient (Wildman–Crippen LogP) is 3.13. The standard InChI is InChI=1S/C12H22N/c1-3-5-6-7-8-9-10-11-12-13-4-2/h3-5,12H,6-11H2,1-2H3/q+1/b5-3-. The molecule has 0 N–H and O–H groups in total. The predicted molar refractivity (Wildman–Crippen MR) is 62.5 cm³/mol. The van der Waals surface area contributed by atoms with E-state index >= 15 is 0 Å². The fraction of sp³-hybridized carbons (Fsp3) is 0.667. The number of allylic oxidation sites excluding steroid dienone is 2. The summed E-state index contributed by atoms with van der Waals surface area (Å²) in [6, 6.07) is 0. The fourth-order valence-electron chi connectivity index (χ4n) is 1.20. The van der Waals surface area contributed by atoms with Crippen LogP contribution in [0.1, 0.15) is 52.4 Å². The van der Waals surface area contributed by atoms with Gasteiger partial charge in [-0.15, -0.1) is 4.67 Å². The summed E-state index contributed by atoms with van der Waals surface area (Å²) in [6.45, 7) is 4.03. The molecule has 74 valence electrons. The Morgan fingerprint density at radius 2 is 1.62 bits per heavy atom. The van der Waals surface area contributed by atoms with Crippen molar-refractivity contribution in [3.63, 3.8) is 0 Å². The zero-order chi connectivity index (χ0) is 9.78. The van der Waals surface area contributed by atoms with Gasteiger partial charge in [-0.05, 0) is 26.2 Å². The largest absolute Gasteiger partial charge is 0.268 e. The number of nitrogens with zero attached hydrogens (tertiary/aromatic N) is 1. The maximum Gasteiger partial charge on any atom is 0.268 e. The van der Waals surface area contributed by atoms with Crippen LogP contribution in [0, 0.1) is 0 Å². The Bertz CT molecular complexity index is 174. The third-order valence-electron chi connectivity index (χ3n) is 1.94. The third kappa shape index (κ3) is 11.2. The average molecular weight is 180 g/mol. The molecule has 0 aliphatic carbocycles. The van der Waals surface area contributed by atoms with Crippen LogP contribution in [0.3, 0.4) is 0 Å². The molecule has 0 bridgehead atoms. The van der Waals surface area contributed by atoms with Gasteiger partial charge in [0.25, 0.3) is 12.4 Å². The van der Waals surface area contributed by atoms with E-state index in [1.807, 2.05) is 19.4 Å². The Hall–Kier alpha value is -0.810. The zero-order valence-corrected chi connectivity index (χ0v) is 9.00. The van der Waals surface area contributed by atoms with Crippen molar-refractivity contribution in [1.82, 2.24) is 4.67 Å². The molecule has 0 aliphatic heterocycles. The van der Waals surface area contributed by atoms with Crippen LogP contribution in [0.4, 0.5) is 0 Å². The summed E-state index contributed by atoms with van der Waals surface area (Å²) in [6.07, 6.45) is 15.9. The third-order valence-corrected chi connectivity index (χ3v) is 1.94. The van der Waals surface area contributed by atoms with Gasteiger partial charge in [-0.3, -0.25) is 0 Å². The summed E-state index contributed by atoms with van der Waals surface area (Å²) in [5.41, 5.74) is 0. The molecular formula is C12H22N+. The summed E-state index contributed by atoms with van der Waals surface area (Å²) in [5, 5.41) is 0. The molecule has 1 nitrogen and oxygen atoms in total. The van der Waals surface area contributed by atoms with E-state index in [4.69, 9.17) is 0 Å². The van der Waals surface area contributed by atoms with Crippen LogP contribution in [0.25, 0.3) is 0 Å². The van der Waals surface area contributed by atoms with Crippen molar-refractivity contribution in [1.29, 1.82) is 0 Å². The van der Waals surface area contributed by atoms with Gasteiger partial charge >= 0.3 is 0 Å². The Balaban J connectivity index is 3.04. The van der Waals surface area contributed by atoms with Crippen molar-refractivity contribution in [2.75, 3.05) is 0 Å². The Kier molecular flexibility index (Phi) is 10.5. The van der Waals surface area contributed by atoms with Crippen molar-refractivity contribution in [2.45, 2.75) is 52.4 Å². The normalized spacial score (nSPS) is 10.0. The van der Waals surface area contributed by atoms with Crippen LogP contribution >= 0.6 is 0 Å². The monoisotopic (exact) mass is 180 g/mol. The lowest BCUT2D eigenvalue weighted by molar-refractivity contribution is 0.661. The molecule has 0 aromatic carbocycles. The van der Waals surface area contributed by atoms with Gasteiger partial charge in [-0.1, -0.05) is 25.0 Å². The molecule has 0 aromatic heterocycles. The minimum atomic E-state index is 1.13. The molecule has 0 unspecified atom stereocenters. The summed E-state index contributed by atoms with van der Waals surface area (Å²) in [5.74, 6) is 0. The van der Waals surface area contributed by atoms with Gasteiger partial charge in [-0.25, -0.2) is 0 Å². The number of rotatable bonds is 7. The van der Waals surface area contributed by atoms with E-state index in [0.717, 1.165) is 6.42 Å². The number of hydrogen-bond donors (Lipinski definition) is 0. The van der Waals surface area contributed by atoms with E-state index in [2.05, 4.69) is 23.7 Å². The molecule has 0 aliphatic rings. The van der Waals surface area contributed by atoms with Crippen molar-refractivity contribution in [3.05, 3.63) is 12.2 Å². The van der Waals surface area contributed by atoms with Gasteiger partial charge in [-0.2, -0.15) is 0 Å². The first-order valence-corrected chi connectivity index (χ1v) is 5.32. The molecule has 0 amide bonds. The lowest BCUT2D eigenvalue weighted by Crippen LogP contribution is -1.82. The second-order valence-corrected chi connectivity index (χ2v) is 3.15. The first kappa shape index (κ1) is 12.2. The summed E-state index contributed by atoms with van der Waals surface area (Å²) >= 11 is 0. The topological polar surface area (TPSA) is 14.1 Å². The van der Waals surface area contributed by atoms with Gasteiger partial charge in [0.05, 0.1) is 0 Å². The Labute approximate surface area is 82.3 Å². The Morgan fingerprint density at radius 1 is 0.923 bits per heavy atom. The highest BCUT2D eigenvalue weighted by atomic mass is 14.5. The quantitative estimate of drug-likeness (QED) is 0.247. The smallest absolute Gasteiger partial charge is 0.111 e. The Morgan fingerprint density at radius 3 is 2.23 bits per heavy atom. The molecule has 0 saturated heterocycles. The highest BCUT2D eigenvalue weighted by Gasteiger charge is 1.89. The van der Waals surface area contributed by atoms with E-state index in [-0.39, 0.29) is 0 Å². The van der Waals surface area contributed by atoms with E-state index < -0.39 is 0 Å². The lowest BCUT2D eigenvalue weighted by Gasteiger charge is -1.94. The highest BCUT2D eigenvalue weighted by Crippen LogP contribution is 2.04. The second-order valence-electron chi connectivity index (χ2n) is 3.15. The molecule has 0 saturated carbocycles. The van der Waals surface area contributed by atoms with Gasteiger partial charge < -0.3 is 0 Å². The first-order chi connectivity index (χ1) is 6.41. The highest BCUT2D eigenvalue weighted by molar-refractivity contribution is 5.64. The van der Waals surface area contributed by atoms with Crippen LogP contribution in [-0.2, 0) is 0 Å². The SMILES string of the molecule is CC=[N+]=CCCCCCC/C=C\C. The minimum Gasteiger partial charge on any atom is -0.111 e. The van der Waals surface area contributed by atoms with E-state index in [1.54, 1.807) is 0 Å². The number of unbranched alkanes of at least 4 members (excludes halogenated alkanes) is 5. The molecule has 0 rings (SSSR count). The van der Waals surface area contributed by atoms with E-state index in [0.29, 0.717) is 0 Å². The molecule has 1 heteroatoms. The lowest BCUT2D eigenvalue weighted by atomic mass is 10.1. The van der Waals surface area contributed by atoms with Crippen LogP contribution < -0.4 is 4.67 Å². The molecule has 0 spiro atoms. The van der Waals surface area contributed by atoms with Crippen LogP contribution in [0.15, 0.2) is 12.2 Å². The molecule has 0 atom stereocenters. The van der Waals surface area contributed by atoms with Crippen molar-refractivity contribution < 1.29 is 0 Å². The zero-order valence-electron chi connectivity index (χ0n) is 9.00. The maximum atomic E-state index is 4.06. The van der Waals surface area contributed by atoms with Crippen LogP contribution in [0.2, 0.25) is 0 Å². The molecule has 0 radical (unpaired) electrons. The minimum absolute atomic E-state index is 1.13. The molecular weight excluding hydrogens is 158 g/mol. The van der Waals surface area contributed by atoms with Crippen molar-refractivity contribution in [3.8, 4) is 0 Å². The van der Waals surface area contributed by atoms with Gasteiger partial charge in [0, 0.05) is 13.3 Å². The van der Waals surface area contributed by atoms with Crippen LogP contribution in [0.5, 0.6) is 0 Å². The summed E-state index contributed by atoms with van der Waals surface area (Å²) < 4.78 is 4.06. The molecule has 0 aromatic rings. The van der Waals surface area contributed by atoms with Gasteiger partial charge in [0.15, 0.2) is 0 Å². The first-order valence-electron chi connectivity index (χ1n) is 5.32. The van der Waals surface area contributed by atoms with Gasteiger partial charge in [0.2, 0.25) is 0 Å². The summed E-state index contributed by atoms with van der Waals surface area (Å²) in [4.78, 5) is 0. The maximum absolute atomic E-state index is 4.06. The average Bonchev–Trinajstić information content (AvgIpc) is 2.16. The van der Waals surface area contributed by atoms with E-state index in [9.17, 15) is 0 Å². The number of hydrogen-bond acceptors (Lipinski definition) is 0.